The van der Waals surface area contributed by atoms with Crippen molar-refractivity contribution < 1.29 is 0 Å². The molecule has 0 aliphatic heterocycles. The summed E-state index contributed by atoms with van der Waals surface area (Å²) in [6.45, 7) is 4.09. The number of nitrogens with zero attached hydrogens (tertiary/aromatic N) is 3. The van der Waals surface area contributed by atoms with Crippen LogP contribution < -0.4 is 5.73 Å². The standard InChI is InChI=1S/C11H16N4S2.ClH/c1-8(10-13-3-4-16-10)6-15(2)7-9-5-14-11(12)17-9;/h3-5,8H,6-7H2,1-2H3,(H2,12,14);1H. The van der Waals surface area contributed by atoms with Gasteiger partial charge in [-0.05, 0) is 7.05 Å². The Labute approximate surface area is 121 Å². The zero-order valence-corrected chi connectivity index (χ0v) is 12.8. The molecule has 0 aliphatic carbocycles. The maximum absolute atomic E-state index is 5.61. The molecule has 0 saturated heterocycles. The van der Waals surface area contributed by atoms with Gasteiger partial charge in [0.1, 0.15) is 0 Å². The van der Waals surface area contributed by atoms with Crippen LogP contribution in [0.3, 0.4) is 0 Å². The topological polar surface area (TPSA) is 55.0 Å². The van der Waals surface area contributed by atoms with Crippen molar-refractivity contribution in [3.63, 3.8) is 0 Å². The monoisotopic (exact) mass is 304 g/mol. The number of hydrogen-bond donors (Lipinski definition) is 1. The molecule has 100 valence electrons. The summed E-state index contributed by atoms with van der Waals surface area (Å²) in [5.74, 6) is 0.463. The van der Waals surface area contributed by atoms with E-state index in [0.717, 1.165) is 13.1 Å². The van der Waals surface area contributed by atoms with Crippen LogP contribution in [-0.2, 0) is 6.54 Å². The summed E-state index contributed by atoms with van der Waals surface area (Å²) in [6.07, 6.45) is 3.71. The first-order chi connectivity index (χ1) is 8.15. The molecule has 7 heteroatoms. The van der Waals surface area contributed by atoms with Crippen molar-refractivity contribution >= 4 is 40.2 Å². The minimum atomic E-state index is 0. The van der Waals surface area contributed by atoms with Gasteiger partial charge in [-0.1, -0.05) is 6.92 Å². The minimum absolute atomic E-state index is 0. The number of nitrogen functional groups attached to an aromatic ring is 1. The molecule has 18 heavy (non-hydrogen) atoms. The summed E-state index contributed by atoms with van der Waals surface area (Å²) in [5.41, 5.74) is 5.61. The first-order valence-electron chi connectivity index (χ1n) is 5.43. The predicted octanol–water partition coefficient (Wildman–Crippen LogP) is 2.84. The lowest BCUT2D eigenvalue weighted by molar-refractivity contribution is 0.312. The third-order valence-electron chi connectivity index (χ3n) is 2.46. The van der Waals surface area contributed by atoms with Gasteiger partial charge in [-0.3, -0.25) is 0 Å². The van der Waals surface area contributed by atoms with Crippen LogP contribution in [0.1, 0.15) is 22.7 Å². The smallest absolute Gasteiger partial charge is 0.180 e. The van der Waals surface area contributed by atoms with Crippen molar-refractivity contribution in [1.82, 2.24) is 14.9 Å². The number of anilines is 1. The third kappa shape index (κ3) is 4.20. The fourth-order valence-electron chi connectivity index (χ4n) is 1.75. The van der Waals surface area contributed by atoms with Gasteiger partial charge in [-0.25, -0.2) is 9.97 Å². The van der Waals surface area contributed by atoms with Gasteiger partial charge >= 0.3 is 0 Å². The van der Waals surface area contributed by atoms with Gasteiger partial charge in [-0.2, -0.15) is 0 Å². The first-order valence-corrected chi connectivity index (χ1v) is 7.13. The van der Waals surface area contributed by atoms with E-state index in [1.807, 2.05) is 17.8 Å². The van der Waals surface area contributed by atoms with Crippen LogP contribution in [-0.4, -0.2) is 28.5 Å². The van der Waals surface area contributed by atoms with Gasteiger partial charge in [-0.15, -0.1) is 35.1 Å². The van der Waals surface area contributed by atoms with E-state index in [1.165, 1.54) is 9.88 Å². The molecule has 2 heterocycles. The Bertz CT molecular complexity index is 457. The molecule has 2 aromatic heterocycles. The van der Waals surface area contributed by atoms with E-state index in [1.54, 1.807) is 22.7 Å². The van der Waals surface area contributed by atoms with Gasteiger partial charge < -0.3 is 10.6 Å². The second-order valence-corrected chi connectivity index (χ2v) is 6.21. The highest BCUT2D eigenvalue weighted by molar-refractivity contribution is 7.15. The molecular weight excluding hydrogens is 288 g/mol. The Morgan fingerprint density at radius 3 is 2.78 bits per heavy atom. The molecule has 1 atom stereocenters. The number of rotatable bonds is 5. The average molecular weight is 305 g/mol. The molecule has 0 fully saturated rings. The molecule has 2 N–H and O–H groups in total. The molecule has 0 aromatic carbocycles. The van der Waals surface area contributed by atoms with E-state index in [4.69, 9.17) is 5.73 Å². The number of halogens is 1. The van der Waals surface area contributed by atoms with E-state index in [-0.39, 0.29) is 12.4 Å². The largest absolute Gasteiger partial charge is 0.375 e. The molecule has 2 aromatic rings. The summed E-state index contributed by atoms with van der Waals surface area (Å²) in [6, 6.07) is 0. The summed E-state index contributed by atoms with van der Waals surface area (Å²) < 4.78 is 0. The third-order valence-corrected chi connectivity index (χ3v) is 4.27. The fraction of sp³-hybridized carbons (Fsp3) is 0.455. The van der Waals surface area contributed by atoms with Crippen LogP contribution in [0.15, 0.2) is 17.8 Å². The van der Waals surface area contributed by atoms with Crippen molar-refractivity contribution in [2.24, 2.45) is 0 Å². The molecule has 1 unspecified atom stereocenters. The summed E-state index contributed by atoms with van der Waals surface area (Å²) in [5, 5.41) is 3.86. The molecule has 0 bridgehead atoms. The van der Waals surface area contributed by atoms with Crippen molar-refractivity contribution in [3.8, 4) is 0 Å². The Hall–Kier alpha value is -0.690. The second-order valence-electron chi connectivity index (χ2n) is 4.13. The molecule has 2 rings (SSSR count). The minimum Gasteiger partial charge on any atom is -0.375 e. The van der Waals surface area contributed by atoms with Gasteiger partial charge in [0.15, 0.2) is 5.13 Å². The van der Waals surface area contributed by atoms with Gasteiger partial charge in [0.25, 0.3) is 0 Å². The lowest BCUT2D eigenvalue weighted by Crippen LogP contribution is -2.22. The van der Waals surface area contributed by atoms with Crippen molar-refractivity contribution in [2.45, 2.75) is 19.4 Å². The van der Waals surface area contributed by atoms with Crippen LogP contribution in [0.4, 0.5) is 5.13 Å². The molecule has 0 saturated carbocycles. The lowest BCUT2D eigenvalue weighted by atomic mass is 10.2. The van der Waals surface area contributed by atoms with Crippen LogP contribution >= 0.6 is 35.1 Å². The van der Waals surface area contributed by atoms with Crippen molar-refractivity contribution in [3.05, 3.63) is 27.7 Å². The quantitative estimate of drug-likeness (QED) is 0.923. The summed E-state index contributed by atoms with van der Waals surface area (Å²) in [4.78, 5) is 11.9. The number of aromatic nitrogens is 2. The van der Waals surface area contributed by atoms with Crippen LogP contribution in [0, 0.1) is 0 Å². The Balaban J connectivity index is 0.00000162. The Morgan fingerprint density at radius 1 is 1.44 bits per heavy atom. The van der Waals surface area contributed by atoms with Crippen LogP contribution in [0.25, 0.3) is 0 Å². The maximum atomic E-state index is 5.61. The van der Waals surface area contributed by atoms with Gasteiger partial charge in [0.2, 0.25) is 0 Å². The number of thiazole rings is 2. The highest BCUT2D eigenvalue weighted by Gasteiger charge is 2.12. The van der Waals surface area contributed by atoms with E-state index in [0.29, 0.717) is 11.0 Å². The normalized spacial score (nSPS) is 12.4. The number of likely N-dealkylation sites (N-methyl/N-ethyl adjacent to an activating group) is 1. The zero-order chi connectivity index (χ0) is 12.3. The average Bonchev–Trinajstić information content (AvgIpc) is 2.89. The molecule has 4 nitrogen and oxygen atoms in total. The molecule has 0 radical (unpaired) electrons. The van der Waals surface area contributed by atoms with Crippen LogP contribution in [0.5, 0.6) is 0 Å². The van der Waals surface area contributed by atoms with E-state index >= 15 is 0 Å². The Kier molecular flexibility index (Phi) is 6.01. The van der Waals surface area contributed by atoms with Gasteiger partial charge in [0.05, 0.1) is 5.01 Å². The van der Waals surface area contributed by atoms with Gasteiger partial charge in [0, 0.05) is 41.7 Å². The van der Waals surface area contributed by atoms with Crippen molar-refractivity contribution in [2.75, 3.05) is 19.3 Å². The predicted molar refractivity (Wildman–Crippen MR) is 80.6 cm³/mol. The SMILES string of the molecule is CC(CN(C)Cc1cnc(N)s1)c1nccs1.Cl. The van der Waals surface area contributed by atoms with E-state index in [2.05, 4.69) is 28.8 Å². The second kappa shape index (κ2) is 7.04. The summed E-state index contributed by atoms with van der Waals surface area (Å²) >= 11 is 3.27. The molecule has 0 aliphatic rings. The molecular formula is C11H17ClN4S2. The first kappa shape index (κ1) is 15.4. The van der Waals surface area contributed by atoms with E-state index in [9.17, 15) is 0 Å². The highest BCUT2D eigenvalue weighted by Crippen LogP contribution is 2.20. The Morgan fingerprint density at radius 2 is 2.22 bits per heavy atom. The highest BCUT2D eigenvalue weighted by atomic mass is 35.5. The number of hydrogen-bond acceptors (Lipinski definition) is 6. The van der Waals surface area contributed by atoms with E-state index < -0.39 is 0 Å². The molecule has 0 spiro atoms. The maximum Gasteiger partial charge on any atom is 0.180 e. The molecule has 0 amide bonds. The lowest BCUT2D eigenvalue weighted by Gasteiger charge is -2.18. The number of nitrogens with two attached hydrogens (primary N) is 1. The van der Waals surface area contributed by atoms with Crippen molar-refractivity contribution in [1.29, 1.82) is 0 Å². The summed E-state index contributed by atoms with van der Waals surface area (Å²) in [7, 11) is 2.11. The van der Waals surface area contributed by atoms with Crippen LogP contribution in [0.2, 0.25) is 0 Å². The fourth-order valence-corrected chi connectivity index (χ4v) is 3.20. The zero-order valence-electron chi connectivity index (χ0n) is 10.4.